The molecule has 8 heteroatoms. The van der Waals surface area contributed by atoms with Gasteiger partial charge in [-0.3, -0.25) is 0 Å². The number of halogens is 3. The van der Waals surface area contributed by atoms with Crippen LogP contribution in [0.25, 0.3) is 0 Å². The molecular weight excluding hydrogens is 295 g/mol. The van der Waals surface area contributed by atoms with Crippen molar-refractivity contribution in [3.63, 3.8) is 0 Å². The number of thioether (sulfide) groups is 1. The Balaban J connectivity index is 1.98. The molecule has 0 saturated carbocycles. The number of carboxylic acid groups (broad SMARTS) is 1. The predicted octanol–water partition coefficient (Wildman–Crippen LogP) is 3.68. The molecule has 0 unspecified atom stereocenters. The van der Waals surface area contributed by atoms with Crippen LogP contribution >= 0.6 is 11.8 Å². The smallest absolute Gasteiger partial charge is 0.417 e. The van der Waals surface area contributed by atoms with E-state index < -0.39 is 17.7 Å². The summed E-state index contributed by atoms with van der Waals surface area (Å²) in [6, 6.07) is 3.56. The van der Waals surface area contributed by atoms with Gasteiger partial charge in [-0.25, -0.2) is 9.78 Å². The molecule has 0 fully saturated rings. The second-order valence-corrected chi connectivity index (χ2v) is 4.77. The monoisotopic (exact) mass is 303 g/mol. The average molecular weight is 303 g/mol. The van der Waals surface area contributed by atoms with Crippen molar-refractivity contribution in [3.8, 4) is 0 Å². The molecule has 2 rings (SSSR count). The Labute approximate surface area is 115 Å². The highest BCUT2D eigenvalue weighted by Crippen LogP contribution is 2.30. The summed E-state index contributed by atoms with van der Waals surface area (Å²) in [5.41, 5.74) is -0.783. The molecule has 0 saturated heterocycles. The number of aromatic nitrogens is 1. The fourth-order valence-corrected chi connectivity index (χ4v) is 2.08. The molecule has 0 amide bonds. The topological polar surface area (TPSA) is 63.3 Å². The summed E-state index contributed by atoms with van der Waals surface area (Å²) in [4.78, 5) is 14.3. The molecule has 0 aliphatic rings. The number of pyridine rings is 1. The van der Waals surface area contributed by atoms with Crippen LogP contribution in [0.5, 0.6) is 0 Å². The summed E-state index contributed by atoms with van der Waals surface area (Å²) >= 11 is 1.15. The van der Waals surface area contributed by atoms with Gasteiger partial charge >= 0.3 is 12.1 Å². The first-order valence-corrected chi connectivity index (χ1v) is 6.31. The lowest BCUT2D eigenvalue weighted by molar-refractivity contribution is -0.137. The number of hydrogen-bond donors (Lipinski definition) is 1. The summed E-state index contributed by atoms with van der Waals surface area (Å²) in [6.07, 6.45) is -2.54. The Morgan fingerprint density at radius 1 is 1.40 bits per heavy atom. The summed E-state index contributed by atoms with van der Waals surface area (Å²) < 4.78 is 42.0. The number of furan rings is 1. The lowest BCUT2D eigenvalue weighted by atomic mass is 10.3. The number of alkyl halides is 3. The van der Waals surface area contributed by atoms with E-state index in [1.54, 1.807) is 0 Å². The average Bonchev–Trinajstić information content (AvgIpc) is 2.85. The highest BCUT2D eigenvalue weighted by molar-refractivity contribution is 7.98. The zero-order valence-electron chi connectivity index (χ0n) is 9.85. The first kappa shape index (κ1) is 14.4. The van der Waals surface area contributed by atoms with Crippen LogP contribution in [0.1, 0.15) is 21.7 Å². The van der Waals surface area contributed by atoms with E-state index in [1.807, 2.05) is 0 Å². The fraction of sp³-hybridized carbons (Fsp3) is 0.167. The Morgan fingerprint density at radius 3 is 2.65 bits per heavy atom. The minimum atomic E-state index is -4.41. The van der Waals surface area contributed by atoms with Crippen LogP contribution in [0.15, 0.2) is 40.1 Å². The summed E-state index contributed by atoms with van der Waals surface area (Å²) in [7, 11) is 0. The van der Waals surface area contributed by atoms with Gasteiger partial charge in [0.2, 0.25) is 0 Å². The summed E-state index contributed by atoms with van der Waals surface area (Å²) in [6.45, 7) is 0. The first-order valence-electron chi connectivity index (χ1n) is 5.33. The van der Waals surface area contributed by atoms with Crippen molar-refractivity contribution in [1.29, 1.82) is 0 Å². The minimum Gasteiger partial charge on any atom is -0.478 e. The van der Waals surface area contributed by atoms with Gasteiger partial charge in [0.25, 0.3) is 0 Å². The maximum absolute atomic E-state index is 12.3. The fourth-order valence-electron chi connectivity index (χ4n) is 1.35. The van der Waals surface area contributed by atoms with Gasteiger partial charge in [0, 0.05) is 6.20 Å². The number of carbonyl (C=O) groups is 1. The van der Waals surface area contributed by atoms with Gasteiger partial charge in [-0.15, -0.1) is 0 Å². The molecule has 2 aromatic rings. The zero-order valence-corrected chi connectivity index (χ0v) is 10.7. The molecule has 106 valence electrons. The van der Waals surface area contributed by atoms with E-state index in [9.17, 15) is 18.0 Å². The van der Waals surface area contributed by atoms with E-state index in [4.69, 9.17) is 9.52 Å². The molecule has 0 aromatic carbocycles. The Bertz CT molecular complexity index is 607. The molecule has 0 atom stereocenters. The highest BCUT2D eigenvalue weighted by Gasteiger charge is 2.30. The van der Waals surface area contributed by atoms with Crippen LogP contribution in [0.3, 0.4) is 0 Å². The van der Waals surface area contributed by atoms with Crippen molar-refractivity contribution in [1.82, 2.24) is 4.98 Å². The number of aromatic carboxylic acids is 1. The third-order valence-electron chi connectivity index (χ3n) is 2.33. The van der Waals surface area contributed by atoms with Gasteiger partial charge in [0.1, 0.15) is 12.0 Å². The highest BCUT2D eigenvalue weighted by atomic mass is 32.2. The van der Waals surface area contributed by atoms with Gasteiger partial charge in [-0.2, -0.15) is 13.2 Å². The molecule has 0 spiro atoms. The van der Waals surface area contributed by atoms with Gasteiger partial charge in [-0.05, 0) is 18.2 Å². The SMILES string of the molecule is O=C(O)c1coc(CSc2ccc(C(F)(F)F)cn2)c1. The van der Waals surface area contributed by atoms with Crippen LogP contribution in [0.2, 0.25) is 0 Å². The van der Waals surface area contributed by atoms with Gasteiger partial charge in [0.15, 0.2) is 0 Å². The van der Waals surface area contributed by atoms with Gasteiger partial charge < -0.3 is 9.52 Å². The normalized spacial score (nSPS) is 11.6. The number of rotatable bonds is 4. The van der Waals surface area contributed by atoms with Crippen LogP contribution in [-0.4, -0.2) is 16.1 Å². The molecule has 4 nitrogen and oxygen atoms in total. The van der Waals surface area contributed by atoms with Crippen molar-refractivity contribution in [3.05, 3.63) is 47.5 Å². The molecule has 0 bridgehead atoms. The van der Waals surface area contributed by atoms with Crippen molar-refractivity contribution >= 4 is 17.7 Å². The number of carboxylic acids is 1. The zero-order chi connectivity index (χ0) is 14.8. The quantitative estimate of drug-likeness (QED) is 0.873. The molecule has 0 radical (unpaired) electrons. The molecule has 20 heavy (non-hydrogen) atoms. The van der Waals surface area contributed by atoms with E-state index in [-0.39, 0.29) is 11.3 Å². The third kappa shape index (κ3) is 3.53. The second kappa shape index (κ2) is 5.58. The van der Waals surface area contributed by atoms with Crippen LogP contribution < -0.4 is 0 Å². The van der Waals surface area contributed by atoms with E-state index in [1.165, 1.54) is 12.1 Å². The van der Waals surface area contributed by atoms with Crippen molar-refractivity contribution in [2.45, 2.75) is 17.0 Å². The minimum absolute atomic E-state index is 0.0287. The van der Waals surface area contributed by atoms with Crippen molar-refractivity contribution in [2.75, 3.05) is 0 Å². The van der Waals surface area contributed by atoms with Crippen LogP contribution in [0, 0.1) is 0 Å². The lowest BCUT2D eigenvalue weighted by Gasteiger charge is -2.06. The van der Waals surface area contributed by atoms with Crippen LogP contribution in [0.4, 0.5) is 13.2 Å². The molecule has 2 heterocycles. The van der Waals surface area contributed by atoms with E-state index in [0.717, 1.165) is 30.3 Å². The molecular formula is C12H8F3NO3S. The van der Waals surface area contributed by atoms with Crippen molar-refractivity contribution < 1.29 is 27.5 Å². The molecule has 2 aromatic heterocycles. The van der Waals surface area contributed by atoms with Crippen LogP contribution in [-0.2, 0) is 11.9 Å². The Morgan fingerprint density at radius 2 is 2.15 bits per heavy atom. The standard InChI is InChI=1S/C12H8F3NO3S/c13-12(14,15)8-1-2-10(16-4-8)20-6-9-3-7(5-19-9)11(17)18/h1-5H,6H2,(H,17,18). The summed E-state index contributed by atoms with van der Waals surface area (Å²) in [5, 5.41) is 9.10. The maximum Gasteiger partial charge on any atom is 0.417 e. The summed E-state index contributed by atoms with van der Waals surface area (Å²) in [5.74, 6) is -0.405. The largest absolute Gasteiger partial charge is 0.478 e. The third-order valence-corrected chi connectivity index (χ3v) is 3.29. The van der Waals surface area contributed by atoms with E-state index in [0.29, 0.717) is 10.8 Å². The number of hydrogen-bond acceptors (Lipinski definition) is 4. The van der Waals surface area contributed by atoms with Gasteiger partial charge in [0.05, 0.1) is 21.9 Å². The Hall–Kier alpha value is -1.96. The maximum atomic E-state index is 12.3. The molecule has 1 N–H and O–H groups in total. The molecule has 0 aliphatic heterocycles. The number of nitrogens with zero attached hydrogens (tertiary/aromatic N) is 1. The van der Waals surface area contributed by atoms with E-state index in [2.05, 4.69) is 4.98 Å². The first-order chi connectivity index (χ1) is 9.36. The lowest BCUT2D eigenvalue weighted by Crippen LogP contribution is -2.05. The van der Waals surface area contributed by atoms with Gasteiger partial charge in [-0.1, -0.05) is 11.8 Å². The predicted molar refractivity (Wildman–Crippen MR) is 64.5 cm³/mol. The van der Waals surface area contributed by atoms with E-state index >= 15 is 0 Å². The second-order valence-electron chi connectivity index (χ2n) is 3.78. The Kier molecular flexibility index (Phi) is 4.03. The van der Waals surface area contributed by atoms with Crippen molar-refractivity contribution in [2.24, 2.45) is 0 Å². The molecule has 0 aliphatic carbocycles.